The lowest BCUT2D eigenvalue weighted by atomic mass is 10.0. The van der Waals surface area contributed by atoms with Crippen LogP contribution in [0.25, 0.3) is 0 Å². The van der Waals surface area contributed by atoms with Gasteiger partial charge in [0.1, 0.15) is 0 Å². The predicted octanol–water partition coefficient (Wildman–Crippen LogP) is 0.739. The van der Waals surface area contributed by atoms with Crippen molar-refractivity contribution in [2.45, 2.75) is 25.1 Å². The minimum Gasteiger partial charge on any atom is -0.493 e. The molecule has 1 aliphatic rings. The molecule has 1 aromatic carbocycles. The van der Waals surface area contributed by atoms with Gasteiger partial charge in [-0.15, -0.1) is 0 Å². The molecule has 1 aliphatic heterocycles. The van der Waals surface area contributed by atoms with Gasteiger partial charge in [0.25, 0.3) is 0 Å². The van der Waals surface area contributed by atoms with E-state index in [9.17, 15) is 8.42 Å². The molecule has 6 nitrogen and oxygen atoms in total. The molecular formula is C14H22N2O4S. The van der Waals surface area contributed by atoms with Crippen molar-refractivity contribution >= 4 is 10.0 Å². The van der Waals surface area contributed by atoms with Crippen molar-refractivity contribution in [2.24, 2.45) is 5.73 Å². The summed E-state index contributed by atoms with van der Waals surface area (Å²) < 4.78 is 36.8. The Hall–Kier alpha value is -1.31. The first-order valence-electron chi connectivity index (χ1n) is 6.86. The number of rotatable bonds is 5. The molecule has 1 aromatic rings. The molecule has 118 valence electrons. The van der Waals surface area contributed by atoms with Crippen LogP contribution in [0.3, 0.4) is 0 Å². The van der Waals surface area contributed by atoms with E-state index in [-0.39, 0.29) is 6.54 Å². The maximum Gasteiger partial charge on any atom is 0.218 e. The van der Waals surface area contributed by atoms with Gasteiger partial charge in [0.2, 0.25) is 10.0 Å². The van der Waals surface area contributed by atoms with Gasteiger partial charge in [0, 0.05) is 19.6 Å². The molecule has 0 saturated carbocycles. The Bertz CT molecular complexity index is 616. The second-order valence-electron chi connectivity index (χ2n) is 5.15. The fourth-order valence-electron chi connectivity index (χ4n) is 2.45. The number of ether oxygens (including phenoxy) is 2. The van der Waals surface area contributed by atoms with Crippen molar-refractivity contribution in [2.75, 3.05) is 27.3 Å². The summed E-state index contributed by atoms with van der Waals surface area (Å²) in [6.07, 6.45) is 0.659. The van der Waals surface area contributed by atoms with Gasteiger partial charge in [0.15, 0.2) is 11.5 Å². The largest absolute Gasteiger partial charge is 0.493 e. The summed E-state index contributed by atoms with van der Waals surface area (Å²) in [6.45, 7) is 2.58. The Kier molecular flexibility index (Phi) is 4.75. The Morgan fingerprint density at radius 1 is 1.24 bits per heavy atom. The minimum atomic E-state index is -3.35. The number of methoxy groups -OCH3 is 2. The molecule has 0 bridgehead atoms. The van der Waals surface area contributed by atoms with Crippen molar-refractivity contribution in [1.82, 2.24) is 4.31 Å². The number of fused-ring (bicyclic) bond motifs is 1. The fraction of sp³-hybridized carbons (Fsp3) is 0.571. The van der Waals surface area contributed by atoms with E-state index in [2.05, 4.69) is 0 Å². The van der Waals surface area contributed by atoms with Gasteiger partial charge in [-0.3, -0.25) is 0 Å². The number of hydrogen-bond acceptors (Lipinski definition) is 5. The molecule has 0 radical (unpaired) electrons. The monoisotopic (exact) mass is 314 g/mol. The molecule has 0 aliphatic carbocycles. The highest BCUT2D eigenvalue weighted by molar-refractivity contribution is 7.89. The van der Waals surface area contributed by atoms with Crippen LogP contribution in [-0.2, 0) is 23.0 Å². The van der Waals surface area contributed by atoms with Crippen LogP contribution in [0, 0.1) is 0 Å². The molecule has 2 rings (SSSR count). The van der Waals surface area contributed by atoms with E-state index in [4.69, 9.17) is 15.2 Å². The Labute approximate surface area is 125 Å². The number of benzene rings is 1. The van der Waals surface area contributed by atoms with Gasteiger partial charge in [-0.25, -0.2) is 8.42 Å². The molecule has 0 spiro atoms. The van der Waals surface area contributed by atoms with E-state index >= 15 is 0 Å². The topological polar surface area (TPSA) is 81.9 Å². The van der Waals surface area contributed by atoms with Crippen LogP contribution in [0.2, 0.25) is 0 Å². The van der Waals surface area contributed by atoms with E-state index < -0.39 is 15.3 Å². The SMILES string of the molecule is COc1cc2c(cc1OC)CN(S(=O)(=O)C(C)CN)CC2. The smallest absolute Gasteiger partial charge is 0.218 e. The quantitative estimate of drug-likeness (QED) is 0.867. The lowest BCUT2D eigenvalue weighted by molar-refractivity contribution is 0.348. The fourth-order valence-corrected chi connectivity index (χ4v) is 3.87. The van der Waals surface area contributed by atoms with Crippen LogP contribution in [0.15, 0.2) is 12.1 Å². The zero-order valence-corrected chi connectivity index (χ0v) is 13.4. The van der Waals surface area contributed by atoms with E-state index in [1.165, 1.54) is 4.31 Å². The minimum absolute atomic E-state index is 0.123. The van der Waals surface area contributed by atoms with Gasteiger partial charge in [-0.1, -0.05) is 0 Å². The lowest BCUT2D eigenvalue weighted by Gasteiger charge is -2.30. The zero-order chi connectivity index (χ0) is 15.6. The van der Waals surface area contributed by atoms with Gasteiger partial charge in [-0.2, -0.15) is 4.31 Å². The van der Waals surface area contributed by atoms with Crippen LogP contribution in [-0.4, -0.2) is 45.3 Å². The average molecular weight is 314 g/mol. The number of nitrogens with zero attached hydrogens (tertiary/aromatic N) is 1. The van der Waals surface area contributed by atoms with Gasteiger partial charge >= 0.3 is 0 Å². The van der Waals surface area contributed by atoms with E-state index in [0.29, 0.717) is 31.0 Å². The summed E-state index contributed by atoms with van der Waals surface area (Å²) in [5.74, 6) is 1.28. The Morgan fingerprint density at radius 2 is 1.81 bits per heavy atom. The summed E-state index contributed by atoms with van der Waals surface area (Å²) in [5, 5.41) is -0.570. The van der Waals surface area contributed by atoms with Crippen molar-refractivity contribution in [3.8, 4) is 11.5 Å². The Morgan fingerprint density at radius 3 is 2.33 bits per heavy atom. The molecule has 0 saturated heterocycles. The first-order valence-corrected chi connectivity index (χ1v) is 8.37. The third-order valence-corrected chi connectivity index (χ3v) is 6.12. The van der Waals surface area contributed by atoms with E-state index in [1.807, 2.05) is 12.1 Å². The second kappa shape index (κ2) is 6.21. The molecule has 7 heteroatoms. The van der Waals surface area contributed by atoms with Crippen molar-refractivity contribution in [1.29, 1.82) is 0 Å². The van der Waals surface area contributed by atoms with Crippen LogP contribution in [0.4, 0.5) is 0 Å². The maximum absolute atomic E-state index is 12.4. The lowest BCUT2D eigenvalue weighted by Crippen LogP contribution is -2.43. The average Bonchev–Trinajstić information content (AvgIpc) is 2.51. The maximum atomic E-state index is 12.4. The summed E-state index contributed by atoms with van der Waals surface area (Å²) >= 11 is 0. The van der Waals surface area contributed by atoms with Crippen molar-refractivity contribution < 1.29 is 17.9 Å². The van der Waals surface area contributed by atoms with E-state index in [1.54, 1.807) is 21.1 Å². The normalized spacial score (nSPS) is 17.1. The highest BCUT2D eigenvalue weighted by Gasteiger charge is 2.31. The second-order valence-corrected chi connectivity index (χ2v) is 7.50. The standard InChI is InChI=1S/C14H22N2O4S/c1-10(8-15)21(17,18)16-5-4-11-6-13(19-2)14(20-3)7-12(11)9-16/h6-7,10H,4-5,8-9,15H2,1-3H3. The van der Waals surface area contributed by atoms with Crippen molar-refractivity contribution in [3.05, 3.63) is 23.3 Å². The van der Waals surface area contributed by atoms with Crippen molar-refractivity contribution in [3.63, 3.8) is 0 Å². The molecule has 1 unspecified atom stereocenters. The third kappa shape index (κ3) is 3.00. The predicted molar refractivity (Wildman–Crippen MR) is 81.1 cm³/mol. The molecular weight excluding hydrogens is 292 g/mol. The summed E-state index contributed by atoms with van der Waals surface area (Å²) in [7, 11) is -0.196. The number of sulfonamides is 1. The summed E-state index contributed by atoms with van der Waals surface area (Å²) in [6, 6.07) is 3.77. The molecule has 21 heavy (non-hydrogen) atoms. The number of hydrogen-bond donors (Lipinski definition) is 1. The molecule has 0 aromatic heterocycles. The van der Waals surface area contributed by atoms with Gasteiger partial charge in [0.05, 0.1) is 19.5 Å². The van der Waals surface area contributed by atoms with Crippen LogP contribution >= 0.6 is 0 Å². The van der Waals surface area contributed by atoms with Gasteiger partial charge in [-0.05, 0) is 36.6 Å². The van der Waals surface area contributed by atoms with Crippen LogP contribution in [0.5, 0.6) is 11.5 Å². The summed E-state index contributed by atoms with van der Waals surface area (Å²) in [4.78, 5) is 0. The molecule has 1 atom stereocenters. The number of nitrogens with two attached hydrogens (primary N) is 1. The first kappa shape index (κ1) is 16.1. The third-order valence-electron chi connectivity index (χ3n) is 3.88. The van der Waals surface area contributed by atoms with Crippen LogP contribution in [0.1, 0.15) is 18.1 Å². The molecule has 1 heterocycles. The highest BCUT2D eigenvalue weighted by Crippen LogP contribution is 2.34. The van der Waals surface area contributed by atoms with Gasteiger partial charge < -0.3 is 15.2 Å². The highest BCUT2D eigenvalue weighted by atomic mass is 32.2. The zero-order valence-electron chi connectivity index (χ0n) is 12.6. The summed E-state index contributed by atoms with van der Waals surface area (Å²) in [5.41, 5.74) is 7.55. The van der Waals surface area contributed by atoms with E-state index in [0.717, 1.165) is 11.1 Å². The molecule has 0 fully saturated rings. The molecule has 2 N–H and O–H groups in total. The molecule has 0 amide bonds. The van der Waals surface area contributed by atoms with Crippen LogP contribution < -0.4 is 15.2 Å². The first-order chi connectivity index (χ1) is 9.93. The Balaban J connectivity index is 2.32.